The summed E-state index contributed by atoms with van der Waals surface area (Å²) in [6.07, 6.45) is 1.66. The Labute approximate surface area is 78.5 Å². The number of thiocarbonyl (C=S) groups is 1. The van der Waals surface area contributed by atoms with Gasteiger partial charge in [0.05, 0.1) is 0 Å². The summed E-state index contributed by atoms with van der Waals surface area (Å²) in [4.78, 5) is 11.5. The first-order chi connectivity index (χ1) is 5.66. The molecule has 0 saturated carbocycles. The summed E-state index contributed by atoms with van der Waals surface area (Å²) in [5.41, 5.74) is 0. The normalized spacial score (nSPS) is 9.17. The van der Waals surface area contributed by atoms with Crippen LogP contribution in [0, 0.1) is 0 Å². The van der Waals surface area contributed by atoms with E-state index in [1.807, 2.05) is 0 Å². The third-order valence-electron chi connectivity index (χ3n) is 1.21. The average Bonchev–Trinajstić information content (AvgIpc) is 2.01. The van der Waals surface area contributed by atoms with Gasteiger partial charge in [-0.1, -0.05) is 25.6 Å². The zero-order valence-electron chi connectivity index (χ0n) is 7.55. The molecule has 0 atom stereocenters. The van der Waals surface area contributed by atoms with E-state index in [2.05, 4.69) is 12.2 Å². The van der Waals surface area contributed by atoms with Crippen LogP contribution in [0.25, 0.3) is 0 Å². The number of rotatable bonds is 5. The number of amides is 1. The number of unbranched alkanes of at least 4 members (excludes halogenated alkanes) is 1. The Morgan fingerprint density at radius 3 is 2.75 bits per heavy atom. The fourth-order valence-electron chi connectivity index (χ4n) is 0.585. The maximum atomic E-state index is 10.8. The van der Waals surface area contributed by atoms with Gasteiger partial charge in [0.2, 0.25) is 0 Å². The van der Waals surface area contributed by atoms with Crippen LogP contribution >= 0.6 is 12.2 Å². The van der Waals surface area contributed by atoms with E-state index < -0.39 is 0 Å². The van der Waals surface area contributed by atoms with Gasteiger partial charge in [-0.2, -0.15) is 0 Å². The van der Waals surface area contributed by atoms with E-state index in [0.29, 0.717) is 11.4 Å². The van der Waals surface area contributed by atoms with Gasteiger partial charge in [-0.05, 0) is 13.3 Å². The Bertz CT molecular complexity index is 159. The highest BCUT2D eigenvalue weighted by Crippen LogP contribution is 1.85. The highest BCUT2D eigenvalue weighted by molar-refractivity contribution is 7.80. The van der Waals surface area contributed by atoms with E-state index in [1.165, 1.54) is 0 Å². The zero-order valence-corrected chi connectivity index (χ0v) is 8.37. The molecule has 0 spiro atoms. The van der Waals surface area contributed by atoms with E-state index in [9.17, 15) is 4.79 Å². The number of hydrogen-bond donors (Lipinski definition) is 1. The van der Waals surface area contributed by atoms with Crippen molar-refractivity contribution in [1.82, 2.24) is 5.32 Å². The number of carbonyl (C=O) groups excluding carboxylic acids is 1. The second kappa shape index (κ2) is 7.03. The van der Waals surface area contributed by atoms with Crippen molar-refractivity contribution < 1.29 is 9.53 Å². The Hall–Kier alpha value is -0.640. The predicted octanol–water partition coefficient (Wildman–Crippen LogP) is 1.90. The minimum Gasteiger partial charge on any atom is -0.444 e. The highest BCUT2D eigenvalue weighted by atomic mass is 32.1. The van der Waals surface area contributed by atoms with Crippen LogP contribution in [-0.2, 0) is 4.74 Å². The largest absolute Gasteiger partial charge is 0.444 e. The van der Waals surface area contributed by atoms with Crippen molar-refractivity contribution in [2.24, 2.45) is 0 Å². The standard InChI is InChI=1S/C8H15NO2S/c1-3-4-5-9-8(10)11-6-7(2)12/h3-6H2,1-2H3,(H,9,10). The van der Waals surface area contributed by atoms with Crippen molar-refractivity contribution in [3.63, 3.8) is 0 Å². The third kappa shape index (κ3) is 7.47. The maximum Gasteiger partial charge on any atom is 0.407 e. The quantitative estimate of drug-likeness (QED) is 0.530. The van der Waals surface area contributed by atoms with Gasteiger partial charge in [-0.15, -0.1) is 0 Å². The first-order valence-corrected chi connectivity index (χ1v) is 4.47. The number of carbonyl (C=O) groups is 1. The monoisotopic (exact) mass is 189 g/mol. The predicted molar refractivity (Wildman–Crippen MR) is 52.5 cm³/mol. The molecule has 1 N–H and O–H groups in total. The van der Waals surface area contributed by atoms with Crippen LogP contribution in [0.15, 0.2) is 0 Å². The summed E-state index contributed by atoms with van der Waals surface area (Å²) in [7, 11) is 0. The van der Waals surface area contributed by atoms with Crippen LogP contribution in [0.2, 0.25) is 0 Å². The molecule has 70 valence electrons. The molecule has 0 aromatic carbocycles. The summed E-state index contributed by atoms with van der Waals surface area (Å²) < 4.78 is 4.76. The van der Waals surface area contributed by atoms with Crippen LogP contribution in [0.4, 0.5) is 4.79 Å². The van der Waals surface area contributed by atoms with E-state index in [4.69, 9.17) is 17.0 Å². The minimum absolute atomic E-state index is 0.229. The van der Waals surface area contributed by atoms with E-state index in [0.717, 1.165) is 12.8 Å². The van der Waals surface area contributed by atoms with Crippen LogP contribution in [-0.4, -0.2) is 24.1 Å². The van der Waals surface area contributed by atoms with Crippen molar-refractivity contribution in [3.8, 4) is 0 Å². The Morgan fingerprint density at radius 1 is 1.58 bits per heavy atom. The number of nitrogens with one attached hydrogen (secondary N) is 1. The summed E-state index contributed by atoms with van der Waals surface area (Å²) in [5, 5.41) is 2.62. The van der Waals surface area contributed by atoms with Gasteiger partial charge in [0, 0.05) is 11.4 Å². The molecule has 0 rings (SSSR count). The second-order valence-electron chi connectivity index (χ2n) is 2.56. The van der Waals surface area contributed by atoms with Gasteiger partial charge in [-0.25, -0.2) is 4.79 Å². The van der Waals surface area contributed by atoms with E-state index >= 15 is 0 Å². The molecule has 0 aliphatic rings. The van der Waals surface area contributed by atoms with E-state index in [-0.39, 0.29) is 12.7 Å². The van der Waals surface area contributed by atoms with Gasteiger partial charge >= 0.3 is 6.09 Å². The Kier molecular flexibility index (Phi) is 6.66. The molecular weight excluding hydrogens is 174 g/mol. The number of alkyl carbamates (subject to hydrolysis) is 1. The molecule has 0 radical (unpaired) electrons. The number of ether oxygens (including phenoxy) is 1. The van der Waals surface area contributed by atoms with Crippen molar-refractivity contribution >= 4 is 23.2 Å². The second-order valence-corrected chi connectivity index (χ2v) is 3.26. The Morgan fingerprint density at radius 2 is 2.25 bits per heavy atom. The van der Waals surface area contributed by atoms with Gasteiger partial charge in [-0.3, -0.25) is 0 Å². The fourth-order valence-corrected chi connectivity index (χ4v) is 0.644. The first kappa shape index (κ1) is 11.4. The van der Waals surface area contributed by atoms with Crippen molar-refractivity contribution in [1.29, 1.82) is 0 Å². The molecule has 0 heterocycles. The van der Waals surface area contributed by atoms with Crippen LogP contribution in [0.3, 0.4) is 0 Å². The molecule has 12 heavy (non-hydrogen) atoms. The van der Waals surface area contributed by atoms with Crippen LogP contribution < -0.4 is 5.32 Å². The lowest BCUT2D eigenvalue weighted by Crippen LogP contribution is -2.26. The van der Waals surface area contributed by atoms with Crippen LogP contribution in [0.5, 0.6) is 0 Å². The molecule has 0 bridgehead atoms. The Balaban J connectivity index is 3.28. The topological polar surface area (TPSA) is 38.3 Å². The lowest BCUT2D eigenvalue weighted by molar-refractivity contribution is 0.162. The molecule has 1 amide bonds. The molecule has 0 aromatic rings. The lowest BCUT2D eigenvalue weighted by atomic mass is 10.3. The average molecular weight is 189 g/mol. The van der Waals surface area contributed by atoms with Crippen molar-refractivity contribution in [2.45, 2.75) is 26.7 Å². The van der Waals surface area contributed by atoms with Crippen LogP contribution in [0.1, 0.15) is 26.7 Å². The maximum absolute atomic E-state index is 10.8. The molecule has 0 aliphatic heterocycles. The van der Waals surface area contributed by atoms with Gasteiger partial charge in [0.1, 0.15) is 6.61 Å². The van der Waals surface area contributed by atoms with E-state index in [1.54, 1.807) is 6.92 Å². The molecule has 3 nitrogen and oxygen atoms in total. The van der Waals surface area contributed by atoms with Gasteiger partial charge in [0.25, 0.3) is 0 Å². The summed E-state index contributed by atoms with van der Waals surface area (Å²) in [5.74, 6) is 0. The van der Waals surface area contributed by atoms with Crippen molar-refractivity contribution in [2.75, 3.05) is 13.2 Å². The molecule has 0 aromatic heterocycles. The fraction of sp³-hybridized carbons (Fsp3) is 0.750. The molecule has 0 saturated heterocycles. The van der Waals surface area contributed by atoms with Gasteiger partial charge in [0.15, 0.2) is 0 Å². The molecule has 0 aliphatic carbocycles. The van der Waals surface area contributed by atoms with Crippen molar-refractivity contribution in [3.05, 3.63) is 0 Å². The molecule has 0 fully saturated rings. The molecule has 4 heteroatoms. The smallest absolute Gasteiger partial charge is 0.407 e. The number of hydrogen-bond acceptors (Lipinski definition) is 3. The van der Waals surface area contributed by atoms with Gasteiger partial charge < -0.3 is 10.1 Å². The zero-order chi connectivity index (χ0) is 9.40. The summed E-state index contributed by atoms with van der Waals surface area (Å²) in [6, 6.07) is 0. The third-order valence-corrected chi connectivity index (χ3v) is 1.32. The first-order valence-electron chi connectivity index (χ1n) is 4.07. The summed E-state index contributed by atoms with van der Waals surface area (Å²) in [6.45, 7) is 4.71. The minimum atomic E-state index is -0.382. The molecule has 0 unspecified atom stereocenters. The molecular formula is C8H15NO2S. The highest BCUT2D eigenvalue weighted by Gasteiger charge is 1.99. The summed E-state index contributed by atoms with van der Waals surface area (Å²) >= 11 is 4.74. The lowest BCUT2D eigenvalue weighted by Gasteiger charge is -2.04. The SMILES string of the molecule is CCCCNC(=O)OCC(C)=S.